The molecule has 0 aliphatic heterocycles. The van der Waals surface area contributed by atoms with E-state index in [1.54, 1.807) is 0 Å². The Balaban J connectivity index is 4.12. The third kappa shape index (κ3) is 3.70. The Labute approximate surface area is 63.2 Å². The molecule has 0 aromatic heterocycles. The van der Waals surface area contributed by atoms with Crippen molar-refractivity contribution in [3.63, 3.8) is 0 Å². The fourth-order valence-corrected chi connectivity index (χ4v) is 1.39. The Morgan fingerprint density at radius 2 is 2.20 bits per heavy atom. The lowest BCUT2D eigenvalue weighted by Gasteiger charge is -2.03. The molecule has 0 spiro atoms. The highest BCUT2D eigenvalue weighted by Crippen LogP contribution is 2.13. The van der Waals surface area contributed by atoms with Crippen LogP contribution in [0.4, 0.5) is 0 Å². The lowest BCUT2D eigenvalue weighted by Crippen LogP contribution is -2.17. The van der Waals surface area contributed by atoms with Crippen LogP contribution in [0.15, 0.2) is 0 Å². The van der Waals surface area contributed by atoms with E-state index in [9.17, 15) is 8.42 Å². The Bertz CT molecular complexity index is 222. The fraction of sp³-hybridized carbons (Fsp3) is 0.667. The molecule has 0 aliphatic carbocycles. The first kappa shape index (κ1) is 9.73. The number of nitrogens with two attached hydrogens (primary N) is 1. The van der Waals surface area contributed by atoms with Crippen LogP contribution in [0.3, 0.4) is 0 Å². The summed E-state index contributed by atoms with van der Waals surface area (Å²) in [5, 5.41) is 6.34. The number of nitrogens with one attached hydrogen (secondary N) is 1. The summed E-state index contributed by atoms with van der Waals surface area (Å²) in [5.74, 6) is 0. The van der Waals surface area contributed by atoms with Crippen LogP contribution in [0.1, 0.15) is 6.92 Å². The molecule has 0 rings (SSSR count). The van der Waals surface area contributed by atoms with Crippen molar-refractivity contribution < 1.29 is 13.0 Å². The first-order valence-electron chi connectivity index (χ1n) is 2.31. The summed E-state index contributed by atoms with van der Waals surface area (Å²) in [4.78, 5) is 0. The third-order valence-electron chi connectivity index (χ3n) is 0.712. The highest BCUT2D eigenvalue weighted by molar-refractivity contribution is 8.21. The Morgan fingerprint density at radius 1 is 1.80 bits per heavy atom. The van der Waals surface area contributed by atoms with E-state index in [0.29, 0.717) is 11.8 Å². The van der Waals surface area contributed by atoms with Crippen LogP contribution in [-0.4, -0.2) is 22.7 Å². The quantitative estimate of drug-likeness (QED) is 0.314. The molecular formula is C3H8N2O3S2. The number of rotatable bonds is 2. The molecule has 5 nitrogen and oxygen atoms in total. The predicted octanol–water partition coefficient (Wildman–Crippen LogP) is -0.153. The van der Waals surface area contributed by atoms with E-state index in [4.69, 9.17) is 15.7 Å². The number of amidine groups is 1. The minimum Gasteiger partial charge on any atom is -0.379 e. The number of hydrogen-bond acceptors (Lipinski definition) is 4. The summed E-state index contributed by atoms with van der Waals surface area (Å²) in [5.41, 5.74) is 4.86. The molecule has 1 unspecified atom stereocenters. The van der Waals surface area contributed by atoms with Crippen LogP contribution in [0.5, 0.6) is 0 Å². The lowest BCUT2D eigenvalue weighted by atomic mass is 11.0. The van der Waals surface area contributed by atoms with Gasteiger partial charge < -0.3 is 5.73 Å². The van der Waals surface area contributed by atoms with Crippen LogP contribution in [0.25, 0.3) is 0 Å². The summed E-state index contributed by atoms with van der Waals surface area (Å²) in [6.07, 6.45) is 0. The zero-order valence-corrected chi connectivity index (χ0v) is 6.87. The zero-order valence-electron chi connectivity index (χ0n) is 5.23. The van der Waals surface area contributed by atoms with Gasteiger partial charge in [0.05, 0.1) is 0 Å². The Kier molecular flexibility index (Phi) is 3.13. The monoisotopic (exact) mass is 184 g/mol. The van der Waals surface area contributed by atoms with Gasteiger partial charge in [0, 0.05) is 0 Å². The highest BCUT2D eigenvalue weighted by atomic mass is 32.3. The molecule has 10 heavy (non-hydrogen) atoms. The minimum atomic E-state index is -4.06. The number of hydrogen-bond donors (Lipinski definition) is 3. The maximum Gasteiger partial charge on any atom is 0.277 e. The van der Waals surface area contributed by atoms with Gasteiger partial charge in [0.25, 0.3) is 10.1 Å². The summed E-state index contributed by atoms with van der Waals surface area (Å²) in [6, 6.07) is 0. The molecular weight excluding hydrogens is 176 g/mol. The van der Waals surface area contributed by atoms with Crippen LogP contribution in [0.2, 0.25) is 0 Å². The average molecular weight is 184 g/mol. The summed E-state index contributed by atoms with van der Waals surface area (Å²) < 4.78 is 27.8. The van der Waals surface area contributed by atoms with Gasteiger partial charge in [0.2, 0.25) is 0 Å². The van der Waals surface area contributed by atoms with E-state index in [-0.39, 0.29) is 5.17 Å². The molecule has 0 aromatic rings. The van der Waals surface area contributed by atoms with Crippen molar-refractivity contribution >= 4 is 27.0 Å². The standard InChI is InChI=1S/C3H8N2O3S2/c1-2(9-3(4)5)10(6,7)8/h2H,1H3,(H3,4,5)(H,6,7,8). The summed E-state index contributed by atoms with van der Waals surface area (Å²) in [6.45, 7) is 1.25. The molecule has 0 amide bonds. The zero-order chi connectivity index (χ0) is 8.36. The van der Waals surface area contributed by atoms with Crippen molar-refractivity contribution in [2.45, 2.75) is 11.5 Å². The van der Waals surface area contributed by atoms with Crippen LogP contribution < -0.4 is 5.73 Å². The van der Waals surface area contributed by atoms with Gasteiger partial charge in [-0.15, -0.1) is 0 Å². The average Bonchev–Trinajstić information content (AvgIpc) is 1.60. The van der Waals surface area contributed by atoms with E-state index in [2.05, 4.69) is 0 Å². The Morgan fingerprint density at radius 3 is 2.30 bits per heavy atom. The molecule has 0 heterocycles. The third-order valence-corrected chi connectivity index (χ3v) is 3.16. The van der Waals surface area contributed by atoms with Crippen molar-refractivity contribution in [3.05, 3.63) is 0 Å². The molecule has 1 atom stereocenters. The van der Waals surface area contributed by atoms with E-state index in [0.717, 1.165) is 0 Å². The summed E-state index contributed by atoms with van der Waals surface area (Å²) >= 11 is 0.584. The van der Waals surface area contributed by atoms with Crippen molar-refractivity contribution in [2.75, 3.05) is 0 Å². The van der Waals surface area contributed by atoms with Gasteiger partial charge in [-0.3, -0.25) is 9.96 Å². The van der Waals surface area contributed by atoms with E-state index < -0.39 is 14.7 Å². The molecule has 0 aromatic carbocycles. The van der Waals surface area contributed by atoms with Crippen molar-refractivity contribution in [3.8, 4) is 0 Å². The number of thioether (sulfide) groups is 1. The van der Waals surface area contributed by atoms with Crippen LogP contribution >= 0.6 is 11.8 Å². The van der Waals surface area contributed by atoms with Gasteiger partial charge in [-0.25, -0.2) is 0 Å². The molecule has 4 N–H and O–H groups in total. The van der Waals surface area contributed by atoms with Crippen LogP contribution in [-0.2, 0) is 10.1 Å². The first-order valence-corrected chi connectivity index (χ1v) is 4.69. The normalized spacial score (nSPS) is 14.6. The van der Waals surface area contributed by atoms with Gasteiger partial charge in [-0.1, -0.05) is 11.8 Å². The van der Waals surface area contributed by atoms with Gasteiger partial charge >= 0.3 is 0 Å². The smallest absolute Gasteiger partial charge is 0.277 e. The molecule has 0 aliphatic rings. The van der Waals surface area contributed by atoms with Crippen LogP contribution in [0, 0.1) is 5.41 Å². The van der Waals surface area contributed by atoms with E-state index in [1.807, 2.05) is 0 Å². The van der Waals surface area contributed by atoms with Crippen molar-refractivity contribution in [1.82, 2.24) is 0 Å². The van der Waals surface area contributed by atoms with E-state index in [1.165, 1.54) is 6.92 Å². The molecule has 0 bridgehead atoms. The molecule has 60 valence electrons. The Hall–Kier alpha value is -0.270. The second kappa shape index (κ2) is 3.22. The molecule has 0 saturated heterocycles. The molecule has 0 fully saturated rings. The molecule has 0 saturated carbocycles. The maximum atomic E-state index is 10.2. The lowest BCUT2D eigenvalue weighted by molar-refractivity contribution is 0.482. The predicted molar refractivity (Wildman–Crippen MR) is 40.5 cm³/mol. The van der Waals surface area contributed by atoms with Gasteiger partial charge in [0.15, 0.2) is 5.17 Å². The van der Waals surface area contributed by atoms with Crippen molar-refractivity contribution in [1.29, 1.82) is 5.41 Å². The SMILES string of the molecule is CC(SC(=N)N)S(=O)(=O)O. The molecule has 7 heteroatoms. The van der Waals surface area contributed by atoms with Crippen molar-refractivity contribution in [2.24, 2.45) is 5.73 Å². The second-order valence-corrected chi connectivity index (χ2v) is 4.98. The second-order valence-electron chi connectivity index (χ2n) is 1.56. The largest absolute Gasteiger partial charge is 0.379 e. The van der Waals surface area contributed by atoms with E-state index >= 15 is 0 Å². The summed E-state index contributed by atoms with van der Waals surface area (Å²) in [7, 11) is -4.06. The topological polar surface area (TPSA) is 104 Å². The van der Waals surface area contributed by atoms with Gasteiger partial charge in [-0.2, -0.15) is 8.42 Å². The molecule has 0 radical (unpaired) electrons. The minimum absolute atomic E-state index is 0.329. The maximum absolute atomic E-state index is 10.2. The van der Waals surface area contributed by atoms with Gasteiger partial charge in [-0.05, 0) is 6.92 Å². The highest BCUT2D eigenvalue weighted by Gasteiger charge is 2.18. The van der Waals surface area contributed by atoms with Gasteiger partial charge in [0.1, 0.15) is 4.58 Å². The fourth-order valence-electron chi connectivity index (χ4n) is 0.240. The first-order chi connectivity index (χ1) is 4.34.